The third-order valence-electron chi connectivity index (χ3n) is 4.68. The van der Waals surface area contributed by atoms with Crippen LogP contribution in [-0.2, 0) is 6.54 Å². The van der Waals surface area contributed by atoms with Gasteiger partial charge in [0.2, 0.25) is 0 Å². The van der Waals surface area contributed by atoms with Crippen LogP contribution < -0.4 is 0 Å². The van der Waals surface area contributed by atoms with Crippen LogP contribution in [0.25, 0.3) is 0 Å². The summed E-state index contributed by atoms with van der Waals surface area (Å²) in [6, 6.07) is 6.19. The topological polar surface area (TPSA) is 41.4 Å². The van der Waals surface area contributed by atoms with Crippen molar-refractivity contribution in [3.63, 3.8) is 0 Å². The lowest BCUT2D eigenvalue weighted by Crippen LogP contribution is -2.49. The zero-order valence-electron chi connectivity index (χ0n) is 14.9. The van der Waals surface area contributed by atoms with Gasteiger partial charge in [0, 0.05) is 57.6 Å². The maximum atomic E-state index is 13.8. The summed E-state index contributed by atoms with van der Waals surface area (Å²) >= 11 is 0. The number of imidazole rings is 1. The monoisotopic (exact) mass is 344 g/mol. The molecule has 0 atom stereocenters. The molecular weight excluding hydrogens is 319 g/mol. The molecule has 6 heteroatoms. The Bertz CT molecular complexity index is 720. The predicted octanol–water partition coefficient (Wildman–Crippen LogP) is 2.60. The largest absolute Gasteiger partial charge is 0.336 e. The highest BCUT2D eigenvalue weighted by Crippen LogP contribution is 2.14. The molecule has 1 saturated heterocycles. The number of nitrogens with zero attached hydrogens (tertiary/aromatic N) is 4. The molecule has 0 N–H and O–H groups in total. The lowest BCUT2D eigenvalue weighted by atomic mass is 10.1. The van der Waals surface area contributed by atoms with Crippen molar-refractivity contribution in [1.29, 1.82) is 0 Å². The number of rotatable bonds is 5. The van der Waals surface area contributed by atoms with Gasteiger partial charge >= 0.3 is 0 Å². The lowest BCUT2D eigenvalue weighted by molar-refractivity contribution is 0.0628. The Kier molecular flexibility index (Phi) is 5.48. The van der Waals surface area contributed by atoms with Gasteiger partial charge in [-0.25, -0.2) is 9.37 Å². The molecule has 1 amide bonds. The van der Waals surface area contributed by atoms with E-state index in [1.54, 1.807) is 23.1 Å². The van der Waals surface area contributed by atoms with Crippen LogP contribution in [0.3, 0.4) is 0 Å². The van der Waals surface area contributed by atoms with Gasteiger partial charge in [-0.3, -0.25) is 9.69 Å². The first-order valence-corrected chi connectivity index (χ1v) is 8.83. The molecule has 1 aromatic carbocycles. The second-order valence-corrected chi connectivity index (χ2v) is 6.75. The number of amides is 1. The van der Waals surface area contributed by atoms with Gasteiger partial charge in [0.1, 0.15) is 11.6 Å². The predicted molar refractivity (Wildman–Crippen MR) is 95.1 cm³/mol. The van der Waals surface area contributed by atoms with E-state index in [1.165, 1.54) is 6.07 Å². The van der Waals surface area contributed by atoms with Crippen molar-refractivity contribution in [2.45, 2.75) is 26.3 Å². The van der Waals surface area contributed by atoms with Crippen LogP contribution in [0.1, 0.15) is 35.9 Å². The van der Waals surface area contributed by atoms with Crippen molar-refractivity contribution in [3.05, 3.63) is 53.9 Å². The third-order valence-corrected chi connectivity index (χ3v) is 4.68. The molecule has 134 valence electrons. The highest BCUT2D eigenvalue weighted by Gasteiger charge is 2.23. The number of carbonyl (C=O) groups excluding carboxylic acids is 1. The van der Waals surface area contributed by atoms with Crippen LogP contribution in [0.5, 0.6) is 0 Å². The second kappa shape index (κ2) is 7.78. The number of benzene rings is 1. The number of hydrogen-bond donors (Lipinski definition) is 0. The number of hydrogen-bond acceptors (Lipinski definition) is 3. The molecule has 2 aromatic rings. The second-order valence-electron chi connectivity index (χ2n) is 6.75. The average molecular weight is 344 g/mol. The normalized spacial score (nSPS) is 15.8. The Balaban J connectivity index is 1.51. The molecule has 0 radical (unpaired) electrons. The van der Waals surface area contributed by atoms with E-state index in [0.717, 1.165) is 32.0 Å². The van der Waals surface area contributed by atoms with Crippen molar-refractivity contribution < 1.29 is 9.18 Å². The number of aromatic nitrogens is 2. The Labute approximate surface area is 148 Å². The standard InChI is InChI=1S/C19H25FN4O/c1-15(2)18-21-7-8-23(18)12-9-22-10-13-24(14-11-22)19(25)16-5-3-4-6-17(16)20/h3-8,15H,9-14H2,1-2H3. The Morgan fingerprint density at radius 2 is 1.88 bits per heavy atom. The number of carbonyl (C=O) groups is 1. The van der Waals surface area contributed by atoms with Crippen LogP contribution in [0.2, 0.25) is 0 Å². The van der Waals surface area contributed by atoms with Gasteiger partial charge in [0.15, 0.2) is 0 Å². The first kappa shape index (κ1) is 17.6. The fourth-order valence-corrected chi connectivity index (χ4v) is 3.24. The van der Waals surface area contributed by atoms with E-state index in [1.807, 2.05) is 12.4 Å². The minimum Gasteiger partial charge on any atom is -0.336 e. The van der Waals surface area contributed by atoms with Crippen LogP contribution in [0.15, 0.2) is 36.7 Å². The summed E-state index contributed by atoms with van der Waals surface area (Å²) in [5, 5.41) is 0. The summed E-state index contributed by atoms with van der Waals surface area (Å²) in [6.07, 6.45) is 3.87. The fraction of sp³-hybridized carbons (Fsp3) is 0.474. The third kappa shape index (κ3) is 4.07. The Morgan fingerprint density at radius 1 is 1.16 bits per heavy atom. The average Bonchev–Trinajstić information content (AvgIpc) is 3.09. The van der Waals surface area contributed by atoms with Crippen molar-refractivity contribution in [2.75, 3.05) is 32.7 Å². The van der Waals surface area contributed by atoms with Gasteiger partial charge in [-0.05, 0) is 12.1 Å². The van der Waals surface area contributed by atoms with E-state index in [2.05, 4.69) is 28.3 Å². The van der Waals surface area contributed by atoms with Gasteiger partial charge in [0.25, 0.3) is 5.91 Å². The first-order valence-electron chi connectivity index (χ1n) is 8.83. The lowest BCUT2D eigenvalue weighted by Gasteiger charge is -2.35. The maximum Gasteiger partial charge on any atom is 0.256 e. The quantitative estimate of drug-likeness (QED) is 0.837. The molecule has 0 saturated carbocycles. The van der Waals surface area contributed by atoms with Crippen LogP contribution in [-0.4, -0.2) is 58.0 Å². The van der Waals surface area contributed by atoms with Crippen LogP contribution in [0.4, 0.5) is 4.39 Å². The van der Waals surface area contributed by atoms with Crippen molar-refractivity contribution in [1.82, 2.24) is 19.4 Å². The highest BCUT2D eigenvalue weighted by molar-refractivity contribution is 5.94. The summed E-state index contributed by atoms with van der Waals surface area (Å²) in [5.41, 5.74) is 0.163. The molecule has 1 aliphatic rings. The van der Waals surface area contributed by atoms with Gasteiger partial charge in [-0.15, -0.1) is 0 Å². The van der Waals surface area contributed by atoms with E-state index in [0.29, 0.717) is 19.0 Å². The van der Waals surface area contributed by atoms with Gasteiger partial charge in [0.05, 0.1) is 5.56 Å². The highest BCUT2D eigenvalue weighted by atomic mass is 19.1. The molecule has 0 bridgehead atoms. The molecule has 5 nitrogen and oxygen atoms in total. The zero-order valence-corrected chi connectivity index (χ0v) is 14.9. The molecule has 1 fully saturated rings. The molecule has 25 heavy (non-hydrogen) atoms. The van der Waals surface area contributed by atoms with Crippen LogP contribution >= 0.6 is 0 Å². The summed E-state index contributed by atoms with van der Waals surface area (Å²) in [7, 11) is 0. The van der Waals surface area contributed by atoms with Crippen molar-refractivity contribution in [3.8, 4) is 0 Å². The molecule has 1 aromatic heterocycles. The number of piperazine rings is 1. The maximum absolute atomic E-state index is 13.8. The van der Waals surface area contributed by atoms with E-state index in [9.17, 15) is 9.18 Å². The number of halogens is 1. The minimum absolute atomic E-state index is 0.163. The molecule has 1 aliphatic heterocycles. The summed E-state index contributed by atoms with van der Waals surface area (Å²) < 4.78 is 16.0. The van der Waals surface area contributed by atoms with E-state index in [4.69, 9.17) is 0 Å². The van der Waals surface area contributed by atoms with E-state index < -0.39 is 5.82 Å². The molecule has 3 rings (SSSR count). The van der Waals surface area contributed by atoms with Crippen molar-refractivity contribution >= 4 is 5.91 Å². The molecular formula is C19H25FN4O. The van der Waals surface area contributed by atoms with Gasteiger partial charge in [-0.2, -0.15) is 0 Å². The van der Waals surface area contributed by atoms with Crippen LogP contribution in [0, 0.1) is 5.82 Å². The fourth-order valence-electron chi connectivity index (χ4n) is 3.24. The Morgan fingerprint density at radius 3 is 2.56 bits per heavy atom. The first-order chi connectivity index (χ1) is 12.1. The summed E-state index contributed by atoms with van der Waals surface area (Å²) in [6.45, 7) is 9.00. The summed E-state index contributed by atoms with van der Waals surface area (Å²) in [5.74, 6) is 0.851. The molecule has 0 spiro atoms. The molecule has 2 heterocycles. The molecule has 0 unspecified atom stereocenters. The van der Waals surface area contributed by atoms with E-state index >= 15 is 0 Å². The van der Waals surface area contributed by atoms with E-state index in [-0.39, 0.29) is 11.5 Å². The van der Waals surface area contributed by atoms with Gasteiger partial charge in [-0.1, -0.05) is 26.0 Å². The Hall–Kier alpha value is -2.21. The minimum atomic E-state index is -0.448. The van der Waals surface area contributed by atoms with Crippen molar-refractivity contribution in [2.24, 2.45) is 0 Å². The zero-order chi connectivity index (χ0) is 17.8. The van der Waals surface area contributed by atoms with Gasteiger partial charge < -0.3 is 9.47 Å². The summed E-state index contributed by atoms with van der Waals surface area (Å²) in [4.78, 5) is 20.9. The molecule has 0 aliphatic carbocycles. The SMILES string of the molecule is CC(C)c1nccn1CCN1CCN(C(=O)c2ccccc2F)CC1. The smallest absolute Gasteiger partial charge is 0.256 e.